The van der Waals surface area contributed by atoms with Gasteiger partial charge in [0.1, 0.15) is 11.6 Å². The van der Waals surface area contributed by atoms with Gasteiger partial charge in [-0.2, -0.15) is 0 Å². The highest BCUT2D eigenvalue weighted by Gasteiger charge is 2.77. The van der Waals surface area contributed by atoms with Crippen LogP contribution in [0.25, 0.3) is 0 Å². The van der Waals surface area contributed by atoms with Gasteiger partial charge in [0.05, 0.1) is 41.3 Å². The van der Waals surface area contributed by atoms with E-state index in [2.05, 4.69) is 29.1 Å². The van der Waals surface area contributed by atoms with Crippen LogP contribution in [0.15, 0.2) is 79.9 Å². The van der Waals surface area contributed by atoms with E-state index in [9.17, 15) is 19.5 Å². The number of rotatable bonds is 11. The van der Waals surface area contributed by atoms with E-state index in [0.29, 0.717) is 29.2 Å². The average molecular weight is 657 g/mol. The highest BCUT2D eigenvalue weighted by atomic mass is 79.9. The number of hydrogen-bond donors (Lipinski definition) is 1. The summed E-state index contributed by atoms with van der Waals surface area (Å²) in [5.74, 6) is -2.79. The SMILES string of the molecule is C=CCN(C(=O)[C@H]1[C@H]2C(=O)N([C@@H](CC)CO)C(C(=O)N(CC=C)c3ccccc3Cl)C23CC(Br)[C@@H]1O3)c1ccccc1. The predicted octanol–water partition coefficient (Wildman–Crippen LogP) is 4.60. The Labute approximate surface area is 259 Å². The molecule has 3 unspecified atom stereocenters. The topological polar surface area (TPSA) is 90.4 Å². The molecule has 3 heterocycles. The second-order valence-corrected chi connectivity index (χ2v) is 12.5. The Morgan fingerprint density at radius 3 is 2.38 bits per heavy atom. The number of halogens is 2. The summed E-state index contributed by atoms with van der Waals surface area (Å²) in [6, 6.07) is 14.5. The molecular formula is C32H35BrClN3O5. The Hall–Kier alpha value is -2.98. The van der Waals surface area contributed by atoms with Crippen LogP contribution in [-0.2, 0) is 19.1 Å². The van der Waals surface area contributed by atoms with Crippen molar-refractivity contribution in [2.75, 3.05) is 29.5 Å². The standard InChI is InChI=1S/C32H35BrClN3O5/c1-4-16-35(21-12-8-7-9-13-21)29(39)25-26-30(40)37(20(6-3)19-38)28(32(26)18-22(33)27(25)42-32)31(41)36(17-5-2)24-15-11-10-14-23(24)34/h4-5,7-15,20,22,25-28,38H,1-2,6,16-19H2,3H3/t20-,22?,25-,26-,27-,28?,32?/m0/s1. The van der Waals surface area contributed by atoms with Crippen molar-refractivity contribution in [1.29, 1.82) is 0 Å². The van der Waals surface area contributed by atoms with Crippen LogP contribution in [0.1, 0.15) is 19.8 Å². The van der Waals surface area contributed by atoms with Crippen LogP contribution in [0.3, 0.4) is 0 Å². The molecule has 0 radical (unpaired) electrons. The summed E-state index contributed by atoms with van der Waals surface area (Å²) < 4.78 is 6.69. The number of likely N-dealkylation sites (tertiary alicyclic amines) is 1. The van der Waals surface area contributed by atoms with Crippen molar-refractivity contribution in [3.05, 3.63) is 84.9 Å². The third-order valence-corrected chi connectivity index (χ3v) is 9.85. The van der Waals surface area contributed by atoms with Crippen LogP contribution in [-0.4, -0.2) is 76.0 Å². The molecule has 7 atom stereocenters. The van der Waals surface area contributed by atoms with Crippen molar-refractivity contribution in [2.24, 2.45) is 11.8 Å². The molecule has 42 heavy (non-hydrogen) atoms. The Morgan fingerprint density at radius 2 is 1.76 bits per heavy atom. The third kappa shape index (κ3) is 4.80. The summed E-state index contributed by atoms with van der Waals surface area (Å²) in [5, 5.41) is 10.8. The van der Waals surface area contributed by atoms with Gasteiger partial charge < -0.3 is 24.5 Å². The molecule has 0 aliphatic carbocycles. The molecule has 222 valence electrons. The van der Waals surface area contributed by atoms with E-state index >= 15 is 0 Å². The lowest BCUT2D eigenvalue weighted by Gasteiger charge is -2.39. The van der Waals surface area contributed by atoms with Gasteiger partial charge in [-0.15, -0.1) is 13.2 Å². The summed E-state index contributed by atoms with van der Waals surface area (Å²) in [6.45, 7) is 9.57. The van der Waals surface area contributed by atoms with E-state index in [1.54, 1.807) is 41.3 Å². The van der Waals surface area contributed by atoms with Gasteiger partial charge >= 0.3 is 0 Å². The Kier molecular flexibility index (Phi) is 8.94. The second-order valence-electron chi connectivity index (χ2n) is 10.9. The summed E-state index contributed by atoms with van der Waals surface area (Å²) in [4.78, 5) is 47.9. The molecule has 0 saturated carbocycles. The van der Waals surface area contributed by atoms with Crippen LogP contribution in [0, 0.1) is 11.8 Å². The van der Waals surface area contributed by atoms with Crippen LogP contribution in [0.4, 0.5) is 11.4 Å². The number of hydrogen-bond acceptors (Lipinski definition) is 5. The Bertz CT molecular complexity index is 1370. The number of aliphatic hydroxyl groups is 1. The molecule has 2 aromatic carbocycles. The third-order valence-electron chi connectivity index (χ3n) is 8.69. The van der Waals surface area contributed by atoms with Gasteiger partial charge in [-0.3, -0.25) is 14.4 Å². The van der Waals surface area contributed by atoms with Gasteiger partial charge in [-0.05, 0) is 37.1 Å². The maximum atomic E-state index is 14.7. The highest BCUT2D eigenvalue weighted by molar-refractivity contribution is 9.09. The molecule has 3 aliphatic heterocycles. The molecule has 3 amide bonds. The lowest BCUT2D eigenvalue weighted by atomic mass is 9.70. The van der Waals surface area contributed by atoms with E-state index in [0.717, 1.165) is 0 Å². The first-order valence-electron chi connectivity index (χ1n) is 14.1. The molecule has 3 aliphatic rings. The first-order valence-corrected chi connectivity index (χ1v) is 15.4. The number of nitrogens with zero attached hydrogens (tertiary/aromatic N) is 3. The minimum atomic E-state index is -1.28. The molecule has 5 rings (SSSR count). The zero-order chi connectivity index (χ0) is 30.2. The van der Waals surface area contributed by atoms with Crippen molar-refractivity contribution in [3.63, 3.8) is 0 Å². The van der Waals surface area contributed by atoms with Gasteiger partial charge in [-0.25, -0.2) is 0 Å². The van der Waals surface area contributed by atoms with Crippen molar-refractivity contribution in [3.8, 4) is 0 Å². The first kappa shape index (κ1) is 30.5. The number of ether oxygens (including phenoxy) is 1. The number of carbonyl (C=O) groups excluding carboxylic acids is 3. The number of aliphatic hydroxyl groups excluding tert-OH is 1. The average Bonchev–Trinajstić information content (AvgIpc) is 3.59. The van der Waals surface area contributed by atoms with Crippen molar-refractivity contribution >= 4 is 56.6 Å². The van der Waals surface area contributed by atoms with Crippen LogP contribution in [0.2, 0.25) is 5.02 Å². The molecule has 0 aromatic heterocycles. The van der Waals surface area contributed by atoms with E-state index in [1.807, 2.05) is 37.3 Å². The number of amides is 3. The summed E-state index contributed by atoms with van der Waals surface area (Å²) in [6.07, 6.45) is 3.38. The van der Waals surface area contributed by atoms with E-state index in [4.69, 9.17) is 16.3 Å². The van der Waals surface area contributed by atoms with Gasteiger partial charge in [0.2, 0.25) is 11.8 Å². The van der Waals surface area contributed by atoms with Crippen LogP contribution >= 0.6 is 27.5 Å². The smallest absolute Gasteiger partial charge is 0.253 e. The predicted molar refractivity (Wildman–Crippen MR) is 167 cm³/mol. The van der Waals surface area contributed by atoms with E-state index in [1.165, 1.54) is 9.80 Å². The summed E-state index contributed by atoms with van der Waals surface area (Å²) in [5.41, 5.74) is -0.129. The lowest BCUT2D eigenvalue weighted by molar-refractivity contribution is -0.144. The maximum Gasteiger partial charge on any atom is 0.253 e. The van der Waals surface area contributed by atoms with Crippen molar-refractivity contribution < 1.29 is 24.2 Å². The van der Waals surface area contributed by atoms with E-state index in [-0.39, 0.29) is 36.3 Å². The molecule has 10 heteroatoms. The van der Waals surface area contributed by atoms with E-state index < -0.39 is 41.5 Å². The molecular weight excluding hydrogens is 622 g/mol. The minimum Gasteiger partial charge on any atom is -0.394 e. The lowest BCUT2D eigenvalue weighted by Crippen LogP contribution is -2.59. The maximum absolute atomic E-state index is 14.7. The van der Waals surface area contributed by atoms with Crippen molar-refractivity contribution in [1.82, 2.24) is 4.90 Å². The highest BCUT2D eigenvalue weighted by Crippen LogP contribution is 2.61. The van der Waals surface area contributed by atoms with Gasteiger partial charge in [0, 0.05) is 23.6 Å². The number of anilines is 2. The molecule has 3 fully saturated rings. The fourth-order valence-electron chi connectivity index (χ4n) is 6.93. The van der Waals surface area contributed by atoms with Crippen molar-refractivity contribution in [2.45, 2.75) is 48.4 Å². The minimum absolute atomic E-state index is 0.141. The fraction of sp³-hybridized carbons (Fsp3) is 0.406. The Balaban J connectivity index is 1.63. The molecule has 3 saturated heterocycles. The quantitative estimate of drug-likeness (QED) is 0.282. The number of carbonyl (C=O) groups is 3. The number of alkyl halides is 1. The van der Waals surface area contributed by atoms with Gasteiger partial charge in [0.25, 0.3) is 5.91 Å². The largest absolute Gasteiger partial charge is 0.394 e. The van der Waals surface area contributed by atoms with Crippen LogP contribution < -0.4 is 9.80 Å². The molecule has 2 bridgehead atoms. The molecule has 8 nitrogen and oxygen atoms in total. The first-order chi connectivity index (χ1) is 20.2. The molecule has 1 spiro atoms. The van der Waals surface area contributed by atoms with Crippen LogP contribution in [0.5, 0.6) is 0 Å². The second kappa shape index (κ2) is 12.3. The number of fused-ring (bicyclic) bond motifs is 1. The zero-order valence-corrected chi connectivity index (χ0v) is 25.8. The number of para-hydroxylation sites is 2. The summed E-state index contributed by atoms with van der Waals surface area (Å²) in [7, 11) is 0. The van der Waals surface area contributed by atoms with Gasteiger partial charge in [0.15, 0.2) is 0 Å². The molecule has 1 N–H and O–H groups in total. The van der Waals surface area contributed by atoms with Gasteiger partial charge in [-0.1, -0.05) is 76.9 Å². The fourth-order valence-corrected chi connectivity index (χ4v) is 8.11. The zero-order valence-electron chi connectivity index (χ0n) is 23.4. The normalized spacial score (nSPS) is 28.3. The summed E-state index contributed by atoms with van der Waals surface area (Å²) >= 11 is 10.3. The Morgan fingerprint density at radius 1 is 1.12 bits per heavy atom. The monoisotopic (exact) mass is 655 g/mol. The number of benzene rings is 2. The molecule has 2 aromatic rings.